The second-order valence-electron chi connectivity index (χ2n) is 9.32. The van der Waals surface area contributed by atoms with Gasteiger partial charge in [-0.1, -0.05) is 51.1 Å². The normalized spacial score (nSPS) is 14.1. The van der Waals surface area contributed by atoms with E-state index in [1.54, 1.807) is 24.3 Å². The Labute approximate surface area is 200 Å². The maximum absolute atomic E-state index is 12.5. The molecule has 174 valence electrons. The number of amidine groups is 1. The van der Waals surface area contributed by atoms with E-state index in [-0.39, 0.29) is 16.7 Å². The van der Waals surface area contributed by atoms with Gasteiger partial charge in [-0.25, -0.2) is 0 Å². The minimum absolute atomic E-state index is 0.0458. The van der Waals surface area contributed by atoms with E-state index >= 15 is 0 Å². The summed E-state index contributed by atoms with van der Waals surface area (Å²) in [5, 5.41) is 3.30. The lowest BCUT2D eigenvalue weighted by molar-refractivity contribution is -0.114. The van der Waals surface area contributed by atoms with Gasteiger partial charge >= 0.3 is 0 Å². The number of anilines is 1. The maximum Gasteiger partial charge on any atom is 0.254 e. The number of carbonyl (C=O) groups excluding carboxylic acids is 1. The van der Waals surface area contributed by atoms with Crippen LogP contribution >= 0.6 is 0 Å². The maximum atomic E-state index is 12.5. The monoisotopic (exact) mass is 454 g/mol. The Kier molecular flexibility index (Phi) is 6.41. The number of ether oxygens (including phenoxy) is 1. The molecule has 6 heteroatoms. The van der Waals surface area contributed by atoms with E-state index < -0.39 is 5.91 Å². The third-order valence-electron chi connectivity index (χ3n) is 5.77. The predicted molar refractivity (Wildman–Crippen MR) is 138 cm³/mol. The first kappa shape index (κ1) is 23.1. The van der Waals surface area contributed by atoms with Crippen LogP contribution in [0.4, 0.5) is 5.69 Å². The lowest BCUT2D eigenvalue weighted by Gasteiger charge is -2.21. The number of aliphatic imine (C=N–C) groups is 1. The van der Waals surface area contributed by atoms with E-state index in [2.05, 4.69) is 43.2 Å². The Morgan fingerprint density at radius 3 is 2.26 bits per heavy atom. The van der Waals surface area contributed by atoms with Crippen LogP contribution in [0, 0.1) is 0 Å². The van der Waals surface area contributed by atoms with Crippen molar-refractivity contribution in [1.82, 2.24) is 0 Å². The van der Waals surface area contributed by atoms with E-state index in [0.29, 0.717) is 23.7 Å². The molecular formula is C28H30N4O2. The first-order valence-electron chi connectivity index (χ1n) is 11.3. The standard InChI is InChI=1S/C28H30N4O2/c1-28(2,3)20-11-14-23-19(17-20)15-16-31-27(32-23)24(26(30)33)25(29)18-9-12-22(13-10-18)34-21-7-5-4-6-8-21/h4-14,17H,15-16,29H2,1-3H3,(H2,30,33)(H,31,32). The molecule has 0 saturated carbocycles. The first-order chi connectivity index (χ1) is 16.2. The quantitative estimate of drug-likeness (QED) is 0.472. The summed E-state index contributed by atoms with van der Waals surface area (Å²) >= 11 is 0. The molecule has 0 radical (unpaired) electrons. The van der Waals surface area contributed by atoms with E-state index in [1.165, 1.54) is 5.56 Å². The van der Waals surface area contributed by atoms with Crippen molar-refractivity contribution in [3.63, 3.8) is 0 Å². The number of fused-ring (bicyclic) bond motifs is 1. The van der Waals surface area contributed by atoms with Crippen LogP contribution in [-0.4, -0.2) is 18.3 Å². The van der Waals surface area contributed by atoms with Gasteiger partial charge in [0.1, 0.15) is 22.9 Å². The molecule has 1 heterocycles. The van der Waals surface area contributed by atoms with Crippen LogP contribution in [0.15, 0.2) is 83.4 Å². The van der Waals surface area contributed by atoms with Gasteiger partial charge < -0.3 is 21.5 Å². The Balaban J connectivity index is 1.62. The van der Waals surface area contributed by atoms with Crippen molar-refractivity contribution >= 4 is 23.1 Å². The summed E-state index contributed by atoms with van der Waals surface area (Å²) in [6.45, 7) is 7.08. The van der Waals surface area contributed by atoms with Crippen molar-refractivity contribution in [3.8, 4) is 11.5 Å². The minimum Gasteiger partial charge on any atom is -0.457 e. The molecule has 1 amide bonds. The number of benzene rings is 3. The topological polar surface area (TPSA) is 103 Å². The third kappa shape index (κ3) is 5.12. The number of carbonyl (C=O) groups is 1. The Hall–Kier alpha value is -4.06. The van der Waals surface area contributed by atoms with Gasteiger partial charge in [-0.15, -0.1) is 0 Å². The summed E-state index contributed by atoms with van der Waals surface area (Å²) in [4.78, 5) is 17.1. The number of hydrogen-bond acceptors (Lipinski definition) is 5. The summed E-state index contributed by atoms with van der Waals surface area (Å²) in [6, 6.07) is 23.0. The van der Waals surface area contributed by atoms with Gasteiger partial charge in [0.05, 0.1) is 5.70 Å². The number of primary amides is 1. The number of amides is 1. The summed E-state index contributed by atoms with van der Waals surface area (Å²) < 4.78 is 5.84. The molecule has 0 atom stereocenters. The summed E-state index contributed by atoms with van der Waals surface area (Å²) in [5.41, 5.74) is 16.7. The zero-order valence-corrected chi connectivity index (χ0v) is 19.8. The Morgan fingerprint density at radius 2 is 1.62 bits per heavy atom. The van der Waals surface area contributed by atoms with Crippen LogP contribution in [0.3, 0.4) is 0 Å². The predicted octanol–water partition coefficient (Wildman–Crippen LogP) is 5.00. The van der Waals surface area contributed by atoms with Crippen molar-refractivity contribution in [2.45, 2.75) is 32.6 Å². The van der Waals surface area contributed by atoms with Gasteiger partial charge in [0.15, 0.2) is 0 Å². The van der Waals surface area contributed by atoms with Crippen molar-refractivity contribution < 1.29 is 9.53 Å². The highest BCUT2D eigenvalue weighted by molar-refractivity contribution is 6.29. The van der Waals surface area contributed by atoms with Crippen LogP contribution in [-0.2, 0) is 16.6 Å². The molecule has 4 rings (SSSR count). The van der Waals surface area contributed by atoms with Gasteiger partial charge in [-0.05, 0) is 71.0 Å². The fourth-order valence-corrected chi connectivity index (χ4v) is 3.83. The summed E-state index contributed by atoms with van der Waals surface area (Å²) in [5.74, 6) is 1.15. The molecule has 6 nitrogen and oxygen atoms in total. The molecule has 0 saturated heterocycles. The lowest BCUT2D eigenvalue weighted by atomic mass is 9.85. The molecule has 5 N–H and O–H groups in total. The molecule has 0 aliphatic carbocycles. The highest BCUT2D eigenvalue weighted by Gasteiger charge is 2.23. The average Bonchev–Trinajstić information content (AvgIpc) is 3.01. The molecule has 0 fully saturated rings. The van der Waals surface area contributed by atoms with E-state index in [4.69, 9.17) is 16.2 Å². The second-order valence-corrected chi connectivity index (χ2v) is 9.32. The van der Waals surface area contributed by atoms with Gasteiger partial charge in [0, 0.05) is 12.2 Å². The largest absolute Gasteiger partial charge is 0.457 e. The zero-order valence-electron chi connectivity index (χ0n) is 19.8. The second kappa shape index (κ2) is 9.43. The Bertz CT molecular complexity index is 1250. The molecule has 0 aromatic heterocycles. The number of rotatable bonds is 5. The van der Waals surface area contributed by atoms with E-state index in [1.807, 2.05) is 36.4 Å². The lowest BCUT2D eigenvalue weighted by Crippen LogP contribution is -2.29. The molecule has 0 spiro atoms. The smallest absolute Gasteiger partial charge is 0.254 e. The number of nitrogens with one attached hydrogen (secondary N) is 1. The molecule has 3 aromatic carbocycles. The van der Waals surface area contributed by atoms with Crippen LogP contribution in [0.5, 0.6) is 11.5 Å². The summed E-state index contributed by atoms with van der Waals surface area (Å²) in [6.07, 6.45) is 0.757. The molecule has 1 aliphatic heterocycles. The highest BCUT2D eigenvalue weighted by Crippen LogP contribution is 2.29. The fraction of sp³-hybridized carbons (Fsp3) is 0.214. The first-order valence-corrected chi connectivity index (χ1v) is 11.3. The van der Waals surface area contributed by atoms with E-state index in [9.17, 15) is 4.79 Å². The van der Waals surface area contributed by atoms with Crippen LogP contribution < -0.4 is 21.5 Å². The zero-order chi connectivity index (χ0) is 24.3. The van der Waals surface area contributed by atoms with Gasteiger partial charge in [0.25, 0.3) is 5.91 Å². The van der Waals surface area contributed by atoms with Gasteiger partial charge in [0.2, 0.25) is 0 Å². The van der Waals surface area contributed by atoms with E-state index in [0.717, 1.165) is 23.4 Å². The molecular weight excluding hydrogens is 424 g/mol. The van der Waals surface area contributed by atoms with Crippen LogP contribution in [0.1, 0.15) is 37.5 Å². The fourth-order valence-electron chi connectivity index (χ4n) is 3.83. The molecule has 0 unspecified atom stereocenters. The molecule has 1 aliphatic rings. The van der Waals surface area contributed by atoms with Crippen molar-refractivity contribution in [1.29, 1.82) is 0 Å². The highest BCUT2D eigenvalue weighted by atomic mass is 16.5. The molecule has 34 heavy (non-hydrogen) atoms. The van der Waals surface area contributed by atoms with Gasteiger partial charge in [-0.2, -0.15) is 0 Å². The van der Waals surface area contributed by atoms with Crippen LogP contribution in [0.25, 0.3) is 5.70 Å². The Morgan fingerprint density at radius 1 is 0.941 bits per heavy atom. The summed E-state index contributed by atoms with van der Waals surface area (Å²) in [7, 11) is 0. The minimum atomic E-state index is -0.636. The number of nitrogens with two attached hydrogens (primary N) is 2. The average molecular weight is 455 g/mol. The number of para-hydroxylation sites is 1. The number of hydrogen-bond donors (Lipinski definition) is 3. The third-order valence-corrected chi connectivity index (χ3v) is 5.77. The number of nitrogens with zero attached hydrogens (tertiary/aromatic N) is 1. The van der Waals surface area contributed by atoms with Crippen LogP contribution in [0.2, 0.25) is 0 Å². The molecule has 3 aromatic rings. The van der Waals surface area contributed by atoms with Gasteiger partial charge in [-0.3, -0.25) is 9.79 Å². The SMILES string of the molecule is CC(C)(C)c1ccc2c(c1)CCN=C(C(C(N)=O)=C(N)c1ccc(Oc3ccccc3)cc1)N2. The molecule has 0 bridgehead atoms. The van der Waals surface area contributed by atoms with Crippen molar-refractivity contribution in [2.24, 2.45) is 16.5 Å². The van der Waals surface area contributed by atoms with Crippen molar-refractivity contribution in [2.75, 3.05) is 11.9 Å². The van der Waals surface area contributed by atoms with Crippen molar-refractivity contribution in [3.05, 3.63) is 95.1 Å².